The highest BCUT2D eigenvalue weighted by Gasteiger charge is 2.11. The van der Waals surface area contributed by atoms with Crippen LogP contribution in [0.1, 0.15) is 11.7 Å². The van der Waals surface area contributed by atoms with Gasteiger partial charge in [0.2, 0.25) is 11.8 Å². The van der Waals surface area contributed by atoms with Crippen molar-refractivity contribution in [2.75, 3.05) is 0 Å². The van der Waals surface area contributed by atoms with Gasteiger partial charge in [-0.3, -0.25) is 0 Å². The Kier molecular flexibility index (Phi) is 3.58. The number of furan rings is 1. The Morgan fingerprint density at radius 2 is 1.95 bits per heavy atom. The van der Waals surface area contributed by atoms with Gasteiger partial charge in [0.15, 0.2) is 0 Å². The monoisotopic (exact) mass is 306 g/mol. The Balaban J connectivity index is 1.86. The summed E-state index contributed by atoms with van der Waals surface area (Å²) in [6.45, 7) is 0. The second kappa shape index (κ2) is 5.53. The molecule has 3 aromatic rings. The average Bonchev–Trinajstić information content (AvgIpc) is 3.07. The van der Waals surface area contributed by atoms with E-state index in [0.717, 1.165) is 0 Å². The smallest absolute Gasteiger partial charge is 0.249 e. The third-order valence-corrected chi connectivity index (χ3v) is 3.08. The van der Waals surface area contributed by atoms with E-state index in [4.69, 9.17) is 32.0 Å². The molecule has 0 spiro atoms. The van der Waals surface area contributed by atoms with Gasteiger partial charge < -0.3 is 8.83 Å². The van der Waals surface area contributed by atoms with Crippen molar-refractivity contribution in [2.45, 2.75) is 0 Å². The van der Waals surface area contributed by atoms with E-state index in [9.17, 15) is 0 Å². The predicted molar refractivity (Wildman–Crippen MR) is 77.4 cm³/mol. The fraction of sp³-hybridized carbons (Fsp3) is 0. The number of nitrogens with zero attached hydrogens (tertiary/aromatic N) is 2. The lowest BCUT2D eigenvalue weighted by Crippen LogP contribution is -1.79. The zero-order chi connectivity index (χ0) is 13.9. The Bertz CT molecular complexity index is 748. The van der Waals surface area contributed by atoms with Crippen molar-refractivity contribution in [3.63, 3.8) is 0 Å². The van der Waals surface area contributed by atoms with E-state index in [1.165, 1.54) is 0 Å². The molecule has 0 radical (unpaired) electrons. The summed E-state index contributed by atoms with van der Waals surface area (Å²) in [5, 5.41) is 8.88. The molecule has 20 heavy (non-hydrogen) atoms. The SMILES string of the molecule is Clc1ccc(-c2nnc(/C=C/c3ccco3)o2)c(Cl)c1. The fourth-order valence-corrected chi connectivity index (χ4v) is 2.10. The highest BCUT2D eigenvalue weighted by Crippen LogP contribution is 2.29. The molecule has 0 aliphatic heterocycles. The lowest BCUT2D eigenvalue weighted by Gasteiger charge is -1.98. The minimum atomic E-state index is 0.339. The van der Waals surface area contributed by atoms with Crippen LogP contribution in [0.25, 0.3) is 23.6 Å². The second-order valence-corrected chi connectivity index (χ2v) is 4.76. The molecule has 6 heteroatoms. The van der Waals surface area contributed by atoms with Crippen LogP contribution in [0, 0.1) is 0 Å². The van der Waals surface area contributed by atoms with Gasteiger partial charge in [-0.25, -0.2) is 0 Å². The fourth-order valence-electron chi connectivity index (χ4n) is 1.61. The molecule has 100 valence electrons. The molecule has 0 atom stereocenters. The first-order valence-electron chi connectivity index (χ1n) is 5.73. The van der Waals surface area contributed by atoms with Gasteiger partial charge in [0.05, 0.1) is 16.8 Å². The van der Waals surface area contributed by atoms with Gasteiger partial charge in [0.25, 0.3) is 0 Å². The van der Waals surface area contributed by atoms with Crippen molar-refractivity contribution >= 4 is 35.4 Å². The Morgan fingerprint density at radius 3 is 2.70 bits per heavy atom. The van der Waals surface area contributed by atoms with Gasteiger partial charge in [0, 0.05) is 11.1 Å². The molecule has 0 aliphatic carbocycles. The molecule has 0 N–H and O–H groups in total. The van der Waals surface area contributed by atoms with Crippen LogP contribution in [-0.4, -0.2) is 10.2 Å². The van der Waals surface area contributed by atoms with Crippen LogP contribution >= 0.6 is 23.2 Å². The topological polar surface area (TPSA) is 52.1 Å². The van der Waals surface area contributed by atoms with E-state index in [1.54, 1.807) is 42.7 Å². The zero-order valence-corrected chi connectivity index (χ0v) is 11.6. The summed E-state index contributed by atoms with van der Waals surface area (Å²) in [5.74, 6) is 1.41. The molecule has 1 aromatic carbocycles. The molecule has 0 saturated heterocycles. The molecule has 2 aromatic heterocycles. The van der Waals surface area contributed by atoms with Crippen LogP contribution < -0.4 is 0 Å². The van der Waals surface area contributed by atoms with Gasteiger partial charge in [-0.15, -0.1) is 10.2 Å². The summed E-state index contributed by atoms with van der Waals surface area (Å²) >= 11 is 11.9. The van der Waals surface area contributed by atoms with E-state index in [0.29, 0.717) is 33.2 Å². The van der Waals surface area contributed by atoms with Crippen LogP contribution in [0.15, 0.2) is 45.4 Å². The molecule has 3 rings (SSSR count). The molecular formula is C14H8Cl2N2O2. The summed E-state index contributed by atoms with van der Waals surface area (Å²) in [4.78, 5) is 0. The van der Waals surface area contributed by atoms with Crippen molar-refractivity contribution in [3.8, 4) is 11.5 Å². The molecule has 0 fully saturated rings. The average molecular weight is 307 g/mol. The maximum atomic E-state index is 6.09. The Morgan fingerprint density at radius 1 is 1.05 bits per heavy atom. The van der Waals surface area contributed by atoms with Crippen molar-refractivity contribution < 1.29 is 8.83 Å². The quantitative estimate of drug-likeness (QED) is 0.697. The number of hydrogen-bond acceptors (Lipinski definition) is 4. The summed E-state index contributed by atoms with van der Waals surface area (Å²) in [7, 11) is 0. The van der Waals surface area contributed by atoms with E-state index in [1.807, 2.05) is 6.07 Å². The third-order valence-electron chi connectivity index (χ3n) is 2.54. The number of halogens is 2. The summed E-state index contributed by atoms with van der Waals surface area (Å²) in [6, 6.07) is 8.70. The maximum absolute atomic E-state index is 6.09. The van der Waals surface area contributed by atoms with E-state index >= 15 is 0 Å². The highest BCUT2D eigenvalue weighted by molar-refractivity contribution is 6.36. The Hall–Kier alpha value is -2.04. The molecule has 0 saturated carbocycles. The maximum Gasteiger partial charge on any atom is 0.249 e. The standard InChI is InChI=1S/C14H8Cl2N2O2/c15-9-3-5-11(12(16)8-9)14-18-17-13(20-14)6-4-10-2-1-7-19-10/h1-8H/b6-4+. The molecule has 0 aliphatic rings. The first-order valence-corrected chi connectivity index (χ1v) is 6.48. The van der Waals surface area contributed by atoms with Crippen molar-refractivity contribution in [3.05, 3.63) is 58.3 Å². The lowest BCUT2D eigenvalue weighted by atomic mass is 10.2. The van der Waals surface area contributed by atoms with Gasteiger partial charge in [-0.05, 0) is 36.4 Å². The van der Waals surface area contributed by atoms with Gasteiger partial charge in [-0.1, -0.05) is 23.2 Å². The van der Waals surface area contributed by atoms with E-state index in [2.05, 4.69) is 10.2 Å². The largest absolute Gasteiger partial charge is 0.465 e. The molecule has 0 bridgehead atoms. The Labute approximate surface area is 124 Å². The molecule has 2 heterocycles. The zero-order valence-electron chi connectivity index (χ0n) is 10.1. The van der Waals surface area contributed by atoms with Gasteiger partial charge in [0.1, 0.15) is 5.76 Å². The molecule has 0 amide bonds. The highest BCUT2D eigenvalue weighted by atomic mass is 35.5. The van der Waals surface area contributed by atoms with Gasteiger partial charge >= 0.3 is 0 Å². The second-order valence-electron chi connectivity index (χ2n) is 3.92. The molecule has 4 nitrogen and oxygen atoms in total. The van der Waals surface area contributed by atoms with E-state index in [-0.39, 0.29) is 0 Å². The van der Waals surface area contributed by atoms with Crippen LogP contribution in [0.4, 0.5) is 0 Å². The number of benzene rings is 1. The van der Waals surface area contributed by atoms with Crippen LogP contribution in [-0.2, 0) is 0 Å². The summed E-state index contributed by atoms with van der Waals surface area (Å²) in [6.07, 6.45) is 4.99. The predicted octanol–water partition coefficient (Wildman–Crippen LogP) is 4.81. The molecule has 0 unspecified atom stereocenters. The van der Waals surface area contributed by atoms with Crippen molar-refractivity contribution in [1.82, 2.24) is 10.2 Å². The normalized spacial score (nSPS) is 11.3. The molecular weight excluding hydrogens is 299 g/mol. The van der Waals surface area contributed by atoms with Gasteiger partial charge in [-0.2, -0.15) is 0 Å². The van der Waals surface area contributed by atoms with Crippen LogP contribution in [0.5, 0.6) is 0 Å². The third kappa shape index (κ3) is 2.76. The minimum absolute atomic E-state index is 0.339. The van der Waals surface area contributed by atoms with E-state index < -0.39 is 0 Å². The lowest BCUT2D eigenvalue weighted by molar-refractivity contribution is 0.552. The first-order chi connectivity index (χ1) is 9.72. The first kappa shape index (κ1) is 13.0. The number of hydrogen-bond donors (Lipinski definition) is 0. The van der Waals surface area contributed by atoms with Crippen LogP contribution in [0.3, 0.4) is 0 Å². The number of aromatic nitrogens is 2. The van der Waals surface area contributed by atoms with Crippen molar-refractivity contribution in [2.24, 2.45) is 0 Å². The number of rotatable bonds is 3. The summed E-state index contributed by atoms with van der Waals surface area (Å²) < 4.78 is 10.7. The van der Waals surface area contributed by atoms with Crippen LogP contribution in [0.2, 0.25) is 10.0 Å². The minimum Gasteiger partial charge on any atom is -0.465 e. The summed E-state index contributed by atoms with van der Waals surface area (Å²) in [5.41, 5.74) is 0.640. The van der Waals surface area contributed by atoms with Crippen molar-refractivity contribution in [1.29, 1.82) is 0 Å².